The van der Waals surface area contributed by atoms with Gasteiger partial charge in [-0.3, -0.25) is 0 Å². The molecule has 0 fully saturated rings. The normalized spacial score (nSPS) is 7.57. The van der Waals surface area contributed by atoms with Crippen LogP contribution in [0.1, 0.15) is 13.3 Å². The molecule has 0 spiro atoms. The molecule has 7 heavy (non-hydrogen) atoms. The smallest absolute Gasteiger partial charge is 0.146 e. The monoisotopic (exact) mass is 108 g/mol. The zero-order valence-electron chi connectivity index (χ0n) is 5.11. The number of allylic oxidation sites excluding steroid dienone is 1. The predicted molar refractivity (Wildman–Crippen MR) is 35.9 cm³/mol. The summed E-state index contributed by atoms with van der Waals surface area (Å²) >= 11 is 0.293. The minimum absolute atomic E-state index is 0.293. The van der Waals surface area contributed by atoms with Crippen molar-refractivity contribution in [2.45, 2.75) is 22.4 Å². The molecule has 0 aromatic carbocycles. The Morgan fingerprint density at radius 3 is 2.86 bits per heavy atom. The maximum atomic E-state index is 3.67. The van der Waals surface area contributed by atoms with Gasteiger partial charge in [-0.2, -0.15) is 0 Å². The quantitative estimate of drug-likeness (QED) is 0.294. The van der Waals surface area contributed by atoms with Gasteiger partial charge in [-0.25, -0.2) is 0 Å². The van der Waals surface area contributed by atoms with Gasteiger partial charge in [-0.15, -0.1) is 21.8 Å². The summed E-state index contributed by atoms with van der Waals surface area (Å²) in [7, 11) is 0. The van der Waals surface area contributed by atoms with Gasteiger partial charge in [0, 0.05) is 0 Å². The van der Waals surface area contributed by atoms with Crippen LogP contribution in [0.3, 0.4) is 0 Å². The lowest BCUT2D eigenvalue weighted by molar-refractivity contribution is 1.07. The molecule has 0 radical (unpaired) electrons. The fourth-order valence-corrected chi connectivity index (χ4v) is 1.62. The highest BCUT2D eigenvalue weighted by Crippen LogP contribution is 1.89. The van der Waals surface area contributed by atoms with E-state index in [0.717, 1.165) is 0 Å². The molecule has 0 rings (SSSR count). The molecule has 0 unspecified atom stereocenters. The van der Waals surface area contributed by atoms with Crippen LogP contribution in [0, 0.1) is 0 Å². The Morgan fingerprint density at radius 1 is 1.71 bits per heavy atom. The molecule has 0 atom stereocenters. The van der Waals surface area contributed by atoms with E-state index in [9.17, 15) is 0 Å². The summed E-state index contributed by atoms with van der Waals surface area (Å²) in [6.45, 7) is 5.91. The second-order valence-corrected chi connectivity index (χ2v) is 3.78. The molecule has 38 valence electrons. The fraction of sp³-hybridized carbons (Fsp3) is 0.667. The first-order valence-electron chi connectivity index (χ1n) is 3.02. The zero-order chi connectivity index (χ0) is 5.54. The molecule has 0 aromatic rings. The molecule has 0 saturated carbocycles. The van der Waals surface area contributed by atoms with E-state index in [1.54, 1.807) is 0 Å². The molecule has 0 aromatic heterocycles. The summed E-state index contributed by atoms with van der Waals surface area (Å²) < 4.78 is 2.82. The minimum atomic E-state index is 0.293. The maximum Gasteiger partial charge on any atom is 0.369 e. The second kappa shape index (κ2) is 6.51. The van der Waals surface area contributed by atoms with E-state index in [0.29, 0.717) is 20.4 Å². The summed E-state index contributed by atoms with van der Waals surface area (Å²) in [6, 6.07) is 0. The van der Waals surface area contributed by atoms with Crippen molar-refractivity contribution in [1.82, 2.24) is 0 Å². The summed E-state index contributed by atoms with van der Waals surface area (Å²) in [5.41, 5.74) is 0. The Kier molecular flexibility index (Phi) is 6.98. The van der Waals surface area contributed by atoms with Gasteiger partial charge >= 0.3 is 20.4 Å². The first-order valence-corrected chi connectivity index (χ1v) is 5.02. The Bertz CT molecular complexity index is 41.4. The van der Waals surface area contributed by atoms with Crippen LogP contribution in [-0.2, 0) is 0 Å². The minimum Gasteiger partial charge on any atom is -0.146 e. The van der Waals surface area contributed by atoms with Crippen molar-refractivity contribution in [1.29, 1.82) is 0 Å². The van der Waals surface area contributed by atoms with Gasteiger partial charge in [-0.1, -0.05) is 13.3 Å². The lowest BCUT2D eigenvalue weighted by Crippen LogP contribution is -1.82. The fourth-order valence-electron chi connectivity index (χ4n) is 0.539. The topological polar surface area (TPSA) is 0 Å². The highest BCUT2D eigenvalue weighted by molar-refractivity contribution is 6.35. The van der Waals surface area contributed by atoms with Crippen LogP contribution in [0.5, 0.6) is 0 Å². The molecule has 0 amide bonds. The van der Waals surface area contributed by atoms with Gasteiger partial charge in [0.15, 0.2) is 0 Å². The zero-order valence-corrected chi connectivity index (χ0v) is 6.53. The largest absolute Gasteiger partial charge is 0.369 e. The van der Waals surface area contributed by atoms with E-state index in [1.165, 1.54) is 15.5 Å². The van der Waals surface area contributed by atoms with Crippen molar-refractivity contribution in [2.24, 2.45) is 0 Å². The van der Waals surface area contributed by atoms with E-state index in [2.05, 4.69) is 13.5 Å². The predicted octanol–water partition coefficient (Wildman–Crippen LogP) is 2.12. The maximum absolute atomic E-state index is 3.67. The van der Waals surface area contributed by atoms with E-state index in [1.807, 2.05) is 6.08 Å². The van der Waals surface area contributed by atoms with Gasteiger partial charge in [0.05, 0.1) is 0 Å². The summed E-state index contributed by atoms with van der Waals surface area (Å²) in [6.07, 6.45) is 3.42. The van der Waals surface area contributed by atoms with Crippen LogP contribution in [0.4, 0.5) is 0 Å². The lowest BCUT2D eigenvalue weighted by Gasteiger charge is -1.83. The highest BCUT2D eigenvalue weighted by Gasteiger charge is 1.86. The van der Waals surface area contributed by atoms with Crippen LogP contribution in [0.25, 0.3) is 0 Å². The molecular formula is C6H12Mg. The van der Waals surface area contributed by atoms with E-state index < -0.39 is 0 Å². The van der Waals surface area contributed by atoms with Gasteiger partial charge in [0.25, 0.3) is 0 Å². The van der Waals surface area contributed by atoms with E-state index in [-0.39, 0.29) is 0 Å². The number of hydrogen-bond acceptors (Lipinski definition) is 0. The van der Waals surface area contributed by atoms with Crippen molar-refractivity contribution in [2.75, 3.05) is 0 Å². The van der Waals surface area contributed by atoms with Crippen molar-refractivity contribution in [3.05, 3.63) is 12.7 Å². The average molecular weight is 108 g/mol. The Hall–Kier alpha value is 0.506. The molecule has 0 N–H and O–H groups in total. The number of hydrogen-bond donors (Lipinski definition) is 0. The van der Waals surface area contributed by atoms with Crippen LogP contribution in [-0.4, -0.2) is 20.4 Å². The molecule has 0 bridgehead atoms. The molecule has 0 nitrogen and oxygen atoms in total. The van der Waals surface area contributed by atoms with Crippen molar-refractivity contribution >= 4 is 20.4 Å². The third-order valence-electron chi connectivity index (χ3n) is 1.01. The summed E-state index contributed by atoms with van der Waals surface area (Å²) in [5, 5.41) is 0. The Labute approximate surface area is 55.7 Å². The Balaban J connectivity index is 2.56. The van der Waals surface area contributed by atoms with E-state index >= 15 is 0 Å². The summed E-state index contributed by atoms with van der Waals surface area (Å²) in [4.78, 5) is 0. The first kappa shape index (κ1) is 7.51. The second-order valence-electron chi connectivity index (χ2n) is 1.78. The SMILES string of the molecule is C=C[CH2][Mg][CH2]CC. The third kappa shape index (κ3) is 6.51. The van der Waals surface area contributed by atoms with Crippen LogP contribution in [0.2, 0.25) is 9.10 Å². The summed E-state index contributed by atoms with van der Waals surface area (Å²) in [5.74, 6) is 0. The molecule has 0 heterocycles. The third-order valence-corrected chi connectivity index (χ3v) is 3.04. The first-order chi connectivity index (χ1) is 3.41. The van der Waals surface area contributed by atoms with Crippen molar-refractivity contribution < 1.29 is 0 Å². The van der Waals surface area contributed by atoms with Gasteiger partial charge < -0.3 is 0 Å². The Morgan fingerprint density at radius 2 is 2.43 bits per heavy atom. The van der Waals surface area contributed by atoms with E-state index in [4.69, 9.17) is 0 Å². The van der Waals surface area contributed by atoms with Crippen LogP contribution in [0.15, 0.2) is 12.7 Å². The van der Waals surface area contributed by atoms with Gasteiger partial charge in [-0.05, 0) is 0 Å². The average Bonchev–Trinajstić information content (AvgIpc) is 1.69. The molecule has 0 aliphatic rings. The van der Waals surface area contributed by atoms with Gasteiger partial charge in [0.1, 0.15) is 0 Å². The standard InChI is InChI=1S/C3H7.C3H5.Mg/c2*1-3-2;/h1,3H2,2H3;3H,1-2H2;. The number of rotatable bonds is 4. The molecule has 0 aliphatic carbocycles. The molecule has 1 heteroatoms. The van der Waals surface area contributed by atoms with Crippen LogP contribution >= 0.6 is 0 Å². The van der Waals surface area contributed by atoms with Gasteiger partial charge in [0.2, 0.25) is 0 Å². The van der Waals surface area contributed by atoms with Crippen LogP contribution < -0.4 is 0 Å². The van der Waals surface area contributed by atoms with Crippen molar-refractivity contribution in [3.8, 4) is 0 Å². The molecule has 0 aliphatic heterocycles. The highest BCUT2D eigenvalue weighted by atomic mass is 24.5. The molecule has 0 saturated heterocycles. The van der Waals surface area contributed by atoms with Crippen molar-refractivity contribution in [3.63, 3.8) is 0 Å². The molecular weight excluding hydrogens is 96.4 g/mol. The lowest BCUT2D eigenvalue weighted by atomic mass is 10.6.